The molecule has 1 unspecified atom stereocenters. The summed E-state index contributed by atoms with van der Waals surface area (Å²) in [6.07, 6.45) is 0. The van der Waals surface area contributed by atoms with Crippen molar-refractivity contribution >= 4 is 11.1 Å². The lowest BCUT2D eigenvalue weighted by Crippen LogP contribution is -1.89. The third kappa shape index (κ3) is 2.94. The third-order valence-corrected chi connectivity index (χ3v) is 2.92. The SMILES string of the molecule is N#Cc1ccc(Oc2ccc(S(=O)O)cc2)cc1. The summed E-state index contributed by atoms with van der Waals surface area (Å²) in [6.45, 7) is 0. The topological polar surface area (TPSA) is 70.3 Å². The molecule has 0 aliphatic rings. The molecule has 0 aliphatic heterocycles. The molecule has 4 nitrogen and oxygen atoms in total. The highest BCUT2D eigenvalue weighted by Crippen LogP contribution is 2.22. The molecule has 0 bridgehead atoms. The molecule has 1 N–H and O–H groups in total. The zero-order valence-corrected chi connectivity index (χ0v) is 10.1. The number of rotatable bonds is 3. The van der Waals surface area contributed by atoms with E-state index >= 15 is 0 Å². The van der Waals surface area contributed by atoms with Crippen molar-refractivity contribution < 1.29 is 13.5 Å². The first kappa shape index (κ1) is 12.3. The fraction of sp³-hybridized carbons (Fsp3) is 0. The van der Waals surface area contributed by atoms with Crippen LogP contribution in [-0.4, -0.2) is 8.76 Å². The zero-order chi connectivity index (χ0) is 13.0. The van der Waals surface area contributed by atoms with Gasteiger partial charge in [-0.2, -0.15) is 5.26 Å². The second-order valence-corrected chi connectivity index (χ2v) is 4.43. The molecule has 0 aromatic heterocycles. The Morgan fingerprint density at radius 3 is 1.94 bits per heavy atom. The van der Waals surface area contributed by atoms with Crippen molar-refractivity contribution in [2.24, 2.45) is 0 Å². The summed E-state index contributed by atoms with van der Waals surface area (Å²) in [4.78, 5) is 0.321. The van der Waals surface area contributed by atoms with Gasteiger partial charge in [-0.3, -0.25) is 0 Å². The molecule has 0 aliphatic carbocycles. The van der Waals surface area contributed by atoms with Gasteiger partial charge in [0.05, 0.1) is 16.5 Å². The minimum absolute atomic E-state index is 0.321. The first-order valence-corrected chi connectivity index (χ1v) is 6.18. The van der Waals surface area contributed by atoms with Crippen molar-refractivity contribution in [1.82, 2.24) is 0 Å². The van der Waals surface area contributed by atoms with Crippen LogP contribution in [0.2, 0.25) is 0 Å². The Morgan fingerprint density at radius 2 is 1.50 bits per heavy atom. The standard InChI is InChI=1S/C13H9NO3S/c14-9-10-1-3-11(4-2-10)17-12-5-7-13(8-6-12)18(15)16/h1-8H,(H,15,16). The molecule has 0 radical (unpaired) electrons. The third-order valence-electron chi connectivity index (χ3n) is 2.24. The van der Waals surface area contributed by atoms with Crippen LogP contribution in [0.1, 0.15) is 5.56 Å². The zero-order valence-electron chi connectivity index (χ0n) is 9.24. The van der Waals surface area contributed by atoms with Gasteiger partial charge in [0.25, 0.3) is 0 Å². The van der Waals surface area contributed by atoms with Gasteiger partial charge in [0.15, 0.2) is 11.1 Å². The first-order valence-electron chi connectivity index (χ1n) is 5.08. The predicted octanol–water partition coefficient (Wildman–Crippen LogP) is 2.93. The maximum absolute atomic E-state index is 10.8. The second kappa shape index (κ2) is 5.45. The molecule has 2 rings (SSSR count). The van der Waals surface area contributed by atoms with E-state index < -0.39 is 11.1 Å². The number of ether oxygens (including phenoxy) is 1. The maximum Gasteiger partial charge on any atom is 0.186 e. The Kier molecular flexibility index (Phi) is 3.72. The van der Waals surface area contributed by atoms with Gasteiger partial charge in [-0.1, -0.05) is 0 Å². The second-order valence-electron chi connectivity index (χ2n) is 3.46. The van der Waals surface area contributed by atoms with Crippen LogP contribution in [0.15, 0.2) is 53.4 Å². The predicted molar refractivity (Wildman–Crippen MR) is 66.7 cm³/mol. The Hall–Kier alpha value is -2.16. The van der Waals surface area contributed by atoms with Crippen molar-refractivity contribution in [3.05, 3.63) is 54.1 Å². The molecule has 2 aromatic carbocycles. The van der Waals surface area contributed by atoms with Gasteiger partial charge in [-0.25, -0.2) is 4.21 Å². The van der Waals surface area contributed by atoms with E-state index in [0.717, 1.165) is 0 Å². The van der Waals surface area contributed by atoms with Crippen LogP contribution >= 0.6 is 0 Å². The molecule has 5 heteroatoms. The molecule has 0 saturated carbocycles. The van der Waals surface area contributed by atoms with E-state index in [0.29, 0.717) is 22.0 Å². The summed E-state index contributed by atoms with van der Waals surface area (Å²) < 4.78 is 25.2. The Labute approximate surface area is 107 Å². The van der Waals surface area contributed by atoms with Crippen LogP contribution in [0.3, 0.4) is 0 Å². The normalized spacial score (nSPS) is 11.6. The lowest BCUT2D eigenvalue weighted by atomic mass is 10.2. The van der Waals surface area contributed by atoms with Gasteiger partial charge in [0, 0.05) is 0 Å². The fourth-order valence-corrected chi connectivity index (χ4v) is 1.73. The Bertz CT molecular complexity index is 600. The number of hydrogen-bond donors (Lipinski definition) is 1. The van der Waals surface area contributed by atoms with Crippen molar-refractivity contribution in [2.45, 2.75) is 4.90 Å². The van der Waals surface area contributed by atoms with E-state index in [1.165, 1.54) is 12.1 Å². The average molecular weight is 259 g/mol. The van der Waals surface area contributed by atoms with Crippen LogP contribution < -0.4 is 4.74 Å². The number of nitrogens with zero attached hydrogens (tertiary/aromatic N) is 1. The maximum atomic E-state index is 10.8. The summed E-state index contributed by atoms with van der Waals surface area (Å²) in [7, 11) is 0. The van der Waals surface area contributed by atoms with E-state index in [1.54, 1.807) is 36.4 Å². The molecule has 90 valence electrons. The van der Waals surface area contributed by atoms with E-state index in [4.69, 9.17) is 14.6 Å². The lowest BCUT2D eigenvalue weighted by molar-refractivity contribution is 0.482. The summed E-state index contributed by atoms with van der Waals surface area (Å²) in [5.74, 6) is 1.17. The molecule has 1 atom stereocenters. The summed E-state index contributed by atoms with van der Waals surface area (Å²) in [5, 5.41) is 8.66. The van der Waals surface area contributed by atoms with Gasteiger partial charge in [-0.15, -0.1) is 0 Å². The highest BCUT2D eigenvalue weighted by atomic mass is 32.2. The number of nitriles is 1. The highest BCUT2D eigenvalue weighted by molar-refractivity contribution is 7.79. The molecule has 0 heterocycles. The van der Waals surface area contributed by atoms with Gasteiger partial charge >= 0.3 is 0 Å². The minimum Gasteiger partial charge on any atom is -0.457 e. The van der Waals surface area contributed by atoms with Crippen LogP contribution in [-0.2, 0) is 11.1 Å². The Morgan fingerprint density at radius 1 is 1.00 bits per heavy atom. The Balaban J connectivity index is 2.13. The molecule has 2 aromatic rings. The fourth-order valence-electron chi connectivity index (χ4n) is 1.36. The molecule has 0 amide bonds. The van der Waals surface area contributed by atoms with E-state index in [9.17, 15) is 4.21 Å². The summed E-state index contributed by atoms with van der Waals surface area (Å²) in [5.41, 5.74) is 0.563. The average Bonchev–Trinajstić information content (AvgIpc) is 2.40. The van der Waals surface area contributed by atoms with Crippen LogP contribution in [0.4, 0.5) is 0 Å². The number of hydrogen-bond acceptors (Lipinski definition) is 3. The molecule has 0 saturated heterocycles. The number of benzene rings is 2. The summed E-state index contributed by atoms with van der Waals surface area (Å²) in [6, 6.07) is 15.0. The van der Waals surface area contributed by atoms with Crippen LogP contribution in [0.5, 0.6) is 11.5 Å². The van der Waals surface area contributed by atoms with Crippen molar-refractivity contribution in [2.75, 3.05) is 0 Å². The molecular weight excluding hydrogens is 250 g/mol. The van der Waals surface area contributed by atoms with Crippen LogP contribution in [0, 0.1) is 11.3 Å². The van der Waals surface area contributed by atoms with Crippen LogP contribution in [0.25, 0.3) is 0 Å². The van der Waals surface area contributed by atoms with Gasteiger partial charge < -0.3 is 9.29 Å². The van der Waals surface area contributed by atoms with E-state index in [2.05, 4.69) is 0 Å². The largest absolute Gasteiger partial charge is 0.457 e. The van der Waals surface area contributed by atoms with Crippen molar-refractivity contribution in [1.29, 1.82) is 5.26 Å². The van der Waals surface area contributed by atoms with Gasteiger partial charge in [0.2, 0.25) is 0 Å². The van der Waals surface area contributed by atoms with Crippen molar-refractivity contribution in [3.8, 4) is 17.6 Å². The quantitative estimate of drug-likeness (QED) is 0.860. The highest BCUT2D eigenvalue weighted by Gasteiger charge is 2.01. The lowest BCUT2D eigenvalue weighted by Gasteiger charge is -2.05. The van der Waals surface area contributed by atoms with E-state index in [-0.39, 0.29) is 0 Å². The minimum atomic E-state index is -1.98. The van der Waals surface area contributed by atoms with Crippen molar-refractivity contribution in [3.63, 3.8) is 0 Å². The van der Waals surface area contributed by atoms with E-state index in [1.807, 2.05) is 6.07 Å². The molecule has 18 heavy (non-hydrogen) atoms. The smallest absolute Gasteiger partial charge is 0.186 e. The van der Waals surface area contributed by atoms with Gasteiger partial charge in [0.1, 0.15) is 11.5 Å². The molecule has 0 spiro atoms. The monoisotopic (exact) mass is 259 g/mol. The molecule has 0 fully saturated rings. The first-order chi connectivity index (χ1) is 8.69. The van der Waals surface area contributed by atoms with Gasteiger partial charge in [-0.05, 0) is 48.5 Å². The molecular formula is C13H9NO3S. The summed E-state index contributed by atoms with van der Waals surface area (Å²) >= 11 is -1.98.